The fourth-order valence-corrected chi connectivity index (χ4v) is 1.35. The van der Waals surface area contributed by atoms with E-state index in [2.05, 4.69) is 38.2 Å². The molecule has 0 heterocycles. The summed E-state index contributed by atoms with van der Waals surface area (Å²) in [6, 6.07) is 5.75. The van der Waals surface area contributed by atoms with Crippen molar-refractivity contribution in [2.75, 3.05) is 38.8 Å². The Bertz CT molecular complexity index is 375. The average Bonchev–Trinajstić information content (AvgIpc) is 2.27. The normalized spacial score (nSPS) is 11.6. The molecule has 0 aromatic heterocycles. The van der Waals surface area contributed by atoms with Gasteiger partial charge in [-0.3, -0.25) is 0 Å². The molecule has 0 atom stereocenters. The molecule has 1 rings (SSSR count). The van der Waals surface area contributed by atoms with Crippen LogP contribution >= 0.6 is 0 Å². The molecule has 1 aromatic rings. The maximum absolute atomic E-state index is 6.00. The fourth-order valence-electron chi connectivity index (χ4n) is 1.35. The Hall–Kier alpha value is -1.42. The van der Waals surface area contributed by atoms with E-state index in [1.165, 1.54) is 0 Å². The highest BCUT2D eigenvalue weighted by Gasteiger charge is 2.20. The molecule has 0 saturated heterocycles. The lowest BCUT2D eigenvalue weighted by Gasteiger charge is -2.33. The fraction of sp³-hybridized carbons (Fsp3) is 0.538. The van der Waals surface area contributed by atoms with Crippen LogP contribution in [0.1, 0.15) is 13.8 Å². The van der Waals surface area contributed by atoms with E-state index in [1.54, 1.807) is 7.11 Å². The number of ether oxygens (including phenoxy) is 1. The Balaban J connectivity index is 2.76. The molecule has 0 saturated carbocycles. The van der Waals surface area contributed by atoms with Crippen molar-refractivity contribution in [2.24, 2.45) is 0 Å². The number of likely N-dealkylation sites (N-methyl/N-ethyl adjacent to an activating group) is 1. The molecular weight excluding hydrogens is 214 g/mol. The van der Waals surface area contributed by atoms with Crippen LogP contribution in [0.2, 0.25) is 0 Å². The van der Waals surface area contributed by atoms with Gasteiger partial charge in [0, 0.05) is 12.1 Å². The zero-order valence-electron chi connectivity index (χ0n) is 11.4. The Labute approximate surface area is 104 Å². The molecule has 0 spiro atoms. The Morgan fingerprint density at radius 1 is 1.35 bits per heavy atom. The van der Waals surface area contributed by atoms with Crippen LogP contribution in [0.5, 0.6) is 5.75 Å². The quantitative estimate of drug-likeness (QED) is 0.769. The maximum atomic E-state index is 6.00. The van der Waals surface area contributed by atoms with Crippen molar-refractivity contribution < 1.29 is 4.74 Å². The number of para-hydroxylation sites is 1. The molecule has 0 bridgehead atoms. The smallest absolute Gasteiger partial charge is 0.143 e. The molecule has 0 amide bonds. The van der Waals surface area contributed by atoms with Crippen molar-refractivity contribution in [1.82, 2.24) is 4.90 Å². The Kier molecular flexibility index (Phi) is 4.23. The lowest BCUT2D eigenvalue weighted by molar-refractivity contribution is 0.210. The number of nitrogens with two attached hydrogens (primary N) is 1. The van der Waals surface area contributed by atoms with Crippen molar-refractivity contribution in [3.05, 3.63) is 18.2 Å². The Morgan fingerprint density at radius 3 is 2.53 bits per heavy atom. The van der Waals surface area contributed by atoms with Gasteiger partial charge in [-0.1, -0.05) is 6.07 Å². The van der Waals surface area contributed by atoms with Gasteiger partial charge in [0.05, 0.1) is 18.5 Å². The highest BCUT2D eigenvalue weighted by atomic mass is 16.5. The van der Waals surface area contributed by atoms with Crippen LogP contribution in [0.3, 0.4) is 0 Å². The van der Waals surface area contributed by atoms with Gasteiger partial charge in [0.15, 0.2) is 0 Å². The summed E-state index contributed by atoms with van der Waals surface area (Å²) in [6.45, 7) is 5.17. The van der Waals surface area contributed by atoms with E-state index in [4.69, 9.17) is 10.5 Å². The third-order valence-electron chi connectivity index (χ3n) is 3.21. The zero-order chi connectivity index (χ0) is 13.1. The largest absolute Gasteiger partial charge is 0.495 e. The van der Waals surface area contributed by atoms with Crippen molar-refractivity contribution in [2.45, 2.75) is 19.4 Å². The molecule has 0 aliphatic heterocycles. The summed E-state index contributed by atoms with van der Waals surface area (Å²) in [5.41, 5.74) is 7.64. The number of nitrogen functional groups attached to an aromatic ring is 1. The van der Waals surface area contributed by atoms with Gasteiger partial charge in [-0.2, -0.15) is 0 Å². The first-order valence-corrected chi connectivity index (χ1v) is 5.72. The molecule has 0 unspecified atom stereocenters. The predicted molar refractivity (Wildman–Crippen MR) is 73.7 cm³/mol. The van der Waals surface area contributed by atoms with E-state index < -0.39 is 0 Å². The van der Waals surface area contributed by atoms with Gasteiger partial charge < -0.3 is 20.7 Å². The van der Waals surface area contributed by atoms with E-state index in [1.807, 2.05) is 18.2 Å². The van der Waals surface area contributed by atoms with Crippen molar-refractivity contribution in [1.29, 1.82) is 0 Å². The molecule has 0 radical (unpaired) electrons. The summed E-state index contributed by atoms with van der Waals surface area (Å²) in [5, 5.41) is 3.36. The van der Waals surface area contributed by atoms with Crippen LogP contribution in [0.15, 0.2) is 18.2 Å². The van der Waals surface area contributed by atoms with E-state index in [9.17, 15) is 0 Å². The zero-order valence-corrected chi connectivity index (χ0v) is 11.4. The number of hydrogen-bond donors (Lipinski definition) is 2. The first-order chi connectivity index (χ1) is 7.88. The number of hydrogen-bond acceptors (Lipinski definition) is 4. The summed E-state index contributed by atoms with van der Waals surface area (Å²) in [7, 11) is 5.76. The average molecular weight is 237 g/mol. The number of nitrogens with zero attached hydrogens (tertiary/aromatic N) is 1. The van der Waals surface area contributed by atoms with Crippen LogP contribution in [0.4, 0.5) is 11.4 Å². The van der Waals surface area contributed by atoms with Crippen LogP contribution in [-0.4, -0.2) is 38.2 Å². The van der Waals surface area contributed by atoms with Gasteiger partial charge in [-0.15, -0.1) is 0 Å². The predicted octanol–water partition coefficient (Wildman–Crippen LogP) is 2.03. The maximum Gasteiger partial charge on any atom is 0.143 e. The van der Waals surface area contributed by atoms with E-state index >= 15 is 0 Å². The molecule has 0 aliphatic rings. The van der Waals surface area contributed by atoms with E-state index in [0.717, 1.165) is 12.2 Å². The summed E-state index contributed by atoms with van der Waals surface area (Å²) in [6.07, 6.45) is 0. The highest BCUT2D eigenvalue weighted by Crippen LogP contribution is 2.29. The molecule has 1 aromatic carbocycles. The first-order valence-electron chi connectivity index (χ1n) is 5.72. The SMILES string of the molecule is COc1cccc(NCC(C)(C)N(C)C)c1N. The summed E-state index contributed by atoms with van der Waals surface area (Å²) in [5.74, 6) is 0.706. The standard InChI is InChI=1S/C13H23N3O/c1-13(2,16(3)4)9-15-10-7-6-8-11(17-5)12(10)14/h6-8,15H,9,14H2,1-5H3. The third kappa shape index (κ3) is 3.27. The lowest BCUT2D eigenvalue weighted by atomic mass is 10.0. The third-order valence-corrected chi connectivity index (χ3v) is 3.21. The van der Waals surface area contributed by atoms with Crippen molar-refractivity contribution in [3.8, 4) is 5.75 Å². The molecular formula is C13H23N3O. The molecule has 96 valence electrons. The molecule has 4 nitrogen and oxygen atoms in total. The van der Waals surface area contributed by atoms with Crippen LogP contribution in [0.25, 0.3) is 0 Å². The first kappa shape index (κ1) is 13.6. The highest BCUT2D eigenvalue weighted by molar-refractivity contribution is 5.72. The Morgan fingerprint density at radius 2 is 2.00 bits per heavy atom. The summed E-state index contributed by atoms with van der Waals surface area (Å²) >= 11 is 0. The molecule has 17 heavy (non-hydrogen) atoms. The lowest BCUT2D eigenvalue weighted by Crippen LogP contribution is -2.44. The molecule has 0 aliphatic carbocycles. The van der Waals surface area contributed by atoms with Crippen molar-refractivity contribution in [3.63, 3.8) is 0 Å². The number of rotatable bonds is 5. The van der Waals surface area contributed by atoms with E-state index in [0.29, 0.717) is 11.4 Å². The van der Waals surface area contributed by atoms with Gasteiger partial charge in [0.25, 0.3) is 0 Å². The molecule has 3 N–H and O–H groups in total. The van der Waals surface area contributed by atoms with Gasteiger partial charge in [0.1, 0.15) is 5.75 Å². The minimum absolute atomic E-state index is 0.0650. The van der Waals surface area contributed by atoms with Crippen LogP contribution in [-0.2, 0) is 0 Å². The second kappa shape index (κ2) is 5.27. The number of methoxy groups -OCH3 is 1. The van der Waals surface area contributed by atoms with Crippen LogP contribution < -0.4 is 15.8 Å². The minimum atomic E-state index is 0.0650. The van der Waals surface area contributed by atoms with E-state index in [-0.39, 0.29) is 5.54 Å². The summed E-state index contributed by atoms with van der Waals surface area (Å²) in [4.78, 5) is 2.18. The second-order valence-corrected chi connectivity index (χ2v) is 4.98. The molecule has 4 heteroatoms. The monoisotopic (exact) mass is 237 g/mol. The second-order valence-electron chi connectivity index (χ2n) is 4.98. The van der Waals surface area contributed by atoms with Gasteiger partial charge in [-0.25, -0.2) is 0 Å². The molecule has 0 fully saturated rings. The van der Waals surface area contributed by atoms with Crippen molar-refractivity contribution >= 4 is 11.4 Å². The minimum Gasteiger partial charge on any atom is -0.495 e. The topological polar surface area (TPSA) is 50.5 Å². The number of benzene rings is 1. The van der Waals surface area contributed by atoms with Crippen LogP contribution in [0, 0.1) is 0 Å². The number of nitrogens with one attached hydrogen (secondary N) is 1. The van der Waals surface area contributed by atoms with Gasteiger partial charge in [0.2, 0.25) is 0 Å². The van der Waals surface area contributed by atoms with Gasteiger partial charge >= 0.3 is 0 Å². The number of anilines is 2. The summed E-state index contributed by atoms with van der Waals surface area (Å²) < 4.78 is 5.19. The van der Waals surface area contributed by atoms with Gasteiger partial charge in [-0.05, 0) is 40.1 Å².